The number of carbonyl (C=O) groups is 2. The fourth-order valence-electron chi connectivity index (χ4n) is 1.56. The minimum atomic E-state index is -1.04. The van der Waals surface area contributed by atoms with Crippen molar-refractivity contribution < 1.29 is 19.4 Å². The van der Waals surface area contributed by atoms with E-state index >= 15 is 0 Å². The van der Waals surface area contributed by atoms with Crippen LogP contribution in [-0.2, 0) is 4.74 Å². The standard InChI is InChI=1S/C13H18N2O4S/c1-4-19-7-5-6-14-13(18)15-11-10(12(16)17)8(2)9(3)20-11/h4H,1,5-7H2,2-3H3,(H,16,17)(H2,14,15,18). The van der Waals surface area contributed by atoms with Gasteiger partial charge in [-0.1, -0.05) is 6.58 Å². The first-order chi connectivity index (χ1) is 9.47. The second-order valence-corrected chi connectivity index (χ2v) is 5.29. The van der Waals surface area contributed by atoms with Crippen LogP contribution in [0.25, 0.3) is 0 Å². The van der Waals surface area contributed by atoms with Crippen molar-refractivity contribution >= 4 is 28.3 Å². The summed E-state index contributed by atoms with van der Waals surface area (Å²) in [5.74, 6) is -1.04. The van der Waals surface area contributed by atoms with E-state index in [1.54, 1.807) is 6.92 Å². The number of carboxylic acid groups (broad SMARTS) is 1. The van der Waals surface area contributed by atoms with Gasteiger partial charge in [0.1, 0.15) is 5.00 Å². The summed E-state index contributed by atoms with van der Waals surface area (Å²) in [4.78, 5) is 23.7. The Kier molecular flexibility index (Phi) is 6.05. The first-order valence-corrected chi connectivity index (χ1v) is 6.89. The lowest BCUT2D eigenvalue weighted by atomic mass is 10.1. The summed E-state index contributed by atoms with van der Waals surface area (Å²) in [6.07, 6.45) is 1.99. The van der Waals surface area contributed by atoms with Gasteiger partial charge in [0.05, 0.1) is 18.4 Å². The molecule has 0 atom stereocenters. The van der Waals surface area contributed by atoms with Crippen LogP contribution in [0.1, 0.15) is 27.2 Å². The van der Waals surface area contributed by atoms with Crippen molar-refractivity contribution in [3.63, 3.8) is 0 Å². The molecule has 7 heteroatoms. The first kappa shape index (κ1) is 16.0. The zero-order valence-electron chi connectivity index (χ0n) is 11.5. The molecule has 0 radical (unpaired) electrons. The third-order valence-electron chi connectivity index (χ3n) is 2.67. The molecule has 3 N–H and O–H groups in total. The topological polar surface area (TPSA) is 87.7 Å². The molecular weight excluding hydrogens is 280 g/mol. The summed E-state index contributed by atoms with van der Waals surface area (Å²) in [5.41, 5.74) is 0.829. The maximum Gasteiger partial charge on any atom is 0.338 e. The highest BCUT2D eigenvalue weighted by Gasteiger charge is 2.19. The first-order valence-electron chi connectivity index (χ1n) is 6.08. The Morgan fingerprint density at radius 3 is 2.75 bits per heavy atom. The molecule has 1 aromatic rings. The van der Waals surface area contributed by atoms with Crippen LogP contribution in [0.5, 0.6) is 0 Å². The lowest BCUT2D eigenvalue weighted by Gasteiger charge is -2.07. The quantitative estimate of drug-likeness (QED) is 0.533. The van der Waals surface area contributed by atoms with E-state index < -0.39 is 12.0 Å². The summed E-state index contributed by atoms with van der Waals surface area (Å²) in [5, 5.41) is 14.7. The number of amides is 2. The van der Waals surface area contributed by atoms with Crippen molar-refractivity contribution in [3.05, 3.63) is 28.8 Å². The second-order valence-electron chi connectivity index (χ2n) is 4.06. The fraction of sp³-hybridized carbons (Fsp3) is 0.385. The number of rotatable bonds is 7. The van der Waals surface area contributed by atoms with E-state index in [1.165, 1.54) is 17.6 Å². The van der Waals surface area contributed by atoms with Crippen LogP contribution in [0, 0.1) is 13.8 Å². The van der Waals surface area contributed by atoms with Crippen molar-refractivity contribution in [1.82, 2.24) is 5.32 Å². The summed E-state index contributed by atoms with van der Waals surface area (Å²) in [7, 11) is 0. The molecular formula is C13H18N2O4S. The van der Waals surface area contributed by atoms with Crippen molar-refractivity contribution in [2.24, 2.45) is 0 Å². The number of urea groups is 1. The van der Waals surface area contributed by atoms with Gasteiger partial charge in [0.2, 0.25) is 0 Å². The largest absolute Gasteiger partial charge is 0.502 e. The number of anilines is 1. The Bertz CT molecular complexity index is 511. The Balaban J connectivity index is 2.56. The van der Waals surface area contributed by atoms with Gasteiger partial charge in [-0.25, -0.2) is 9.59 Å². The minimum absolute atomic E-state index is 0.151. The molecule has 1 aromatic heterocycles. The number of thiophene rings is 1. The van der Waals surface area contributed by atoms with Gasteiger partial charge in [0, 0.05) is 11.4 Å². The summed E-state index contributed by atoms with van der Waals surface area (Å²) in [6, 6.07) is -0.424. The fourth-order valence-corrected chi connectivity index (χ4v) is 2.61. The van der Waals surface area contributed by atoms with Gasteiger partial charge < -0.3 is 15.2 Å². The van der Waals surface area contributed by atoms with E-state index in [4.69, 9.17) is 9.84 Å². The second kappa shape index (κ2) is 7.54. The molecule has 0 aromatic carbocycles. The van der Waals surface area contributed by atoms with Gasteiger partial charge in [0.15, 0.2) is 0 Å². The van der Waals surface area contributed by atoms with Gasteiger partial charge in [-0.05, 0) is 25.8 Å². The Labute approximate surface area is 121 Å². The number of aromatic carboxylic acids is 1. The molecule has 0 unspecified atom stereocenters. The average Bonchev–Trinajstić information content (AvgIpc) is 2.64. The lowest BCUT2D eigenvalue weighted by molar-refractivity contribution is 0.0697. The molecule has 110 valence electrons. The van der Waals surface area contributed by atoms with Crippen LogP contribution < -0.4 is 10.6 Å². The molecule has 2 amide bonds. The van der Waals surface area contributed by atoms with E-state index in [0.29, 0.717) is 30.1 Å². The van der Waals surface area contributed by atoms with Crippen LogP contribution in [-0.4, -0.2) is 30.3 Å². The maximum absolute atomic E-state index is 11.7. The third-order valence-corrected chi connectivity index (χ3v) is 3.79. The number of nitrogens with one attached hydrogen (secondary N) is 2. The number of aryl methyl sites for hydroxylation is 1. The smallest absolute Gasteiger partial charge is 0.338 e. The van der Waals surface area contributed by atoms with E-state index in [-0.39, 0.29) is 5.56 Å². The summed E-state index contributed by atoms with van der Waals surface area (Å²) >= 11 is 1.25. The molecule has 20 heavy (non-hydrogen) atoms. The van der Waals surface area contributed by atoms with Gasteiger partial charge in [-0.15, -0.1) is 11.3 Å². The van der Waals surface area contributed by atoms with Crippen molar-refractivity contribution in [1.29, 1.82) is 0 Å². The molecule has 0 saturated carbocycles. The van der Waals surface area contributed by atoms with Gasteiger partial charge in [0.25, 0.3) is 0 Å². The molecule has 0 spiro atoms. The van der Waals surface area contributed by atoms with Gasteiger partial charge in [-0.3, -0.25) is 5.32 Å². The van der Waals surface area contributed by atoms with E-state index in [0.717, 1.165) is 4.88 Å². The lowest BCUT2D eigenvalue weighted by Crippen LogP contribution is -2.30. The van der Waals surface area contributed by atoms with Crippen LogP contribution in [0.3, 0.4) is 0 Å². The number of ether oxygens (including phenoxy) is 1. The van der Waals surface area contributed by atoms with Crippen LogP contribution in [0.4, 0.5) is 9.80 Å². The van der Waals surface area contributed by atoms with E-state index in [9.17, 15) is 9.59 Å². The summed E-state index contributed by atoms with van der Waals surface area (Å²) < 4.78 is 4.92. The number of hydrogen-bond donors (Lipinski definition) is 3. The van der Waals surface area contributed by atoms with Crippen molar-refractivity contribution in [2.75, 3.05) is 18.5 Å². The highest BCUT2D eigenvalue weighted by molar-refractivity contribution is 7.16. The Morgan fingerprint density at radius 2 is 2.15 bits per heavy atom. The molecule has 0 aliphatic carbocycles. The Morgan fingerprint density at radius 1 is 1.45 bits per heavy atom. The average molecular weight is 298 g/mol. The third kappa shape index (κ3) is 4.27. The highest BCUT2D eigenvalue weighted by atomic mass is 32.1. The maximum atomic E-state index is 11.7. The monoisotopic (exact) mass is 298 g/mol. The molecule has 1 heterocycles. The minimum Gasteiger partial charge on any atom is -0.502 e. The van der Waals surface area contributed by atoms with Crippen molar-refractivity contribution in [2.45, 2.75) is 20.3 Å². The van der Waals surface area contributed by atoms with Crippen LogP contribution in [0.15, 0.2) is 12.8 Å². The van der Waals surface area contributed by atoms with Crippen LogP contribution >= 0.6 is 11.3 Å². The number of carboxylic acids is 1. The summed E-state index contributed by atoms with van der Waals surface area (Å²) in [6.45, 7) is 7.87. The molecule has 0 saturated heterocycles. The molecule has 0 fully saturated rings. The predicted molar refractivity (Wildman–Crippen MR) is 78.5 cm³/mol. The molecule has 1 rings (SSSR count). The highest BCUT2D eigenvalue weighted by Crippen LogP contribution is 2.32. The predicted octanol–water partition coefficient (Wildman–Crippen LogP) is 2.73. The molecule has 0 aliphatic rings. The zero-order valence-corrected chi connectivity index (χ0v) is 12.3. The normalized spacial score (nSPS) is 9.90. The van der Waals surface area contributed by atoms with E-state index in [2.05, 4.69) is 17.2 Å². The van der Waals surface area contributed by atoms with E-state index in [1.807, 2.05) is 6.92 Å². The molecule has 0 aliphatic heterocycles. The Hall–Kier alpha value is -2.02. The zero-order chi connectivity index (χ0) is 15.1. The SMILES string of the molecule is C=COCCCNC(=O)Nc1sc(C)c(C)c1C(=O)O. The molecule has 6 nitrogen and oxygen atoms in total. The van der Waals surface area contributed by atoms with Crippen molar-refractivity contribution in [3.8, 4) is 0 Å². The van der Waals surface area contributed by atoms with Gasteiger partial charge >= 0.3 is 12.0 Å². The van der Waals surface area contributed by atoms with Crippen LogP contribution in [0.2, 0.25) is 0 Å². The molecule has 0 bridgehead atoms. The number of hydrogen-bond acceptors (Lipinski definition) is 4. The van der Waals surface area contributed by atoms with Gasteiger partial charge in [-0.2, -0.15) is 0 Å². The number of carbonyl (C=O) groups excluding carboxylic acids is 1.